The molecular formula is C12H18F2IN3O. The van der Waals surface area contributed by atoms with E-state index in [0.29, 0.717) is 12.2 Å². The topological polar surface area (TPSA) is 47.0 Å². The maximum absolute atomic E-state index is 11.9. The molecule has 0 bridgehead atoms. The summed E-state index contributed by atoms with van der Waals surface area (Å²) in [6.07, 6.45) is -2.00. The van der Waals surface area contributed by atoms with E-state index < -0.39 is 13.0 Å². The average Bonchev–Trinajstić information content (AvgIpc) is 2.35. The smallest absolute Gasteiger partial charge is 0.261 e. The SMILES string of the molecule is CNc1nc(CCOCC(F)F)nc(C(C)C)c1I. The summed E-state index contributed by atoms with van der Waals surface area (Å²) in [4.78, 5) is 8.82. The van der Waals surface area contributed by atoms with Crippen LogP contribution in [0.15, 0.2) is 0 Å². The lowest BCUT2D eigenvalue weighted by Gasteiger charge is -2.13. The highest BCUT2D eigenvalue weighted by Crippen LogP contribution is 2.24. The first-order valence-electron chi connectivity index (χ1n) is 6.05. The fourth-order valence-corrected chi connectivity index (χ4v) is 2.64. The van der Waals surface area contributed by atoms with Crippen molar-refractivity contribution in [2.75, 3.05) is 25.6 Å². The monoisotopic (exact) mass is 385 g/mol. The van der Waals surface area contributed by atoms with Gasteiger partial charge < -0.3 is 10.1 Å². The van der Waals surface area contributed by atoms with Crippen LogP contribution in [0.5, 0.6) is 0 Å². The van der Waals surface area contributed by atoms with Crippen molar-refractivity contribution in [1.82, 2.24) is 9.97 Å². The second kappa shape index (κ2) is 7.88. The maximum Gasteiger partial charge on any atom is 0.261 e. The van der Waals surface area contributed by atoms with Crippen LogP contribution in [0.3, 0.4) is 0 Å². The van der Waals surface area contributed by atoms with Crippen molar-refractivity contribution in [3.05, 3.63) is 15.1 Å². The van der Waals surface area contributed by atoms with Crippen LogP contribution in [-0.2, 0) is 11.2 Å². The predicted molar refractivity (Wildman–Crippen MR) is 78.9 cm³/mol. The fraction of sp³-hybridized carbons (Fsp3) is 0.667. The zero-order valence-electron chi connectivity index (χ0n) is 11.2. The Kier molecular flexibility index (Phi) is 6.84. The van der Waals surface area contributed by atoms with E-state index >= 15 is 0 Å². The first kappa shape index (κ1) is 16.5. The summed E-state index contributed by atoms with van der Waals surface area (Å²) in [7, 11) is 1.80. The van der Waals surface area contributed by atoms with Crippen LogP contribution >= 0.6 is 22.6 Å². The van der Waals surface area contributed by atoms with E-state index in [-0.39, 0.29) is 12.5 Å². The van der Waals surface area contributed by atoms with Gasteiger partial charge in [-0.3, -0.25) is 0 Å². The molecule has 0 spiro atoms. The van der Waals surface area contributed by atoms with Crippen LogP contribution < -0.4 is 5.32 Å². The Morgan fingerprint density at radius 3 is 2.53 bits per heavy atom. The zero-order chi connectivity index (χ0) is 14.4. The van der Waals surface area contributed by atoms with Gasteiger partial charge in [-0.05, 0) is 28.5 Å². The molecule has 0 aliphatic carbocycles. The third-order valence-corrected chi connectivity index (χ3v) is 3.48. The van der Waals surface area contributed by atoms with Gasteiger partial charge in [0.2, 0.25) is 0 Å². The summed E-state index contributed by atoms with van der Waals surface area (Å²) in [5, 5.41) is 3.02. The van der Waals surface area contributed by atoms with E-state index in [0.717, 1.165) is 15.1 Å². The molecule has 108 valence electrons. The molecule has 1 aromatic rings. The Balaban J connectivity index is 2.75. The molecule has 0 amide bonds. The number of nitrogens with zero attached hydrogens (tertiary/aromatic N) is 2. The normalized spacial score (nSPS) is 11.4. The molecule has 1 rings (SSSR count). The van der Waals surface area contributed by atoms with Crippen LogP contribution in [0.2, 0.25) is 0 Å². The van der Waals surface area contributed by atoms with Gasteiger partial charge in [0.1, 0.15) is 18.2 Å². The van der Waals surface area contributed by atoms with Crippen molar-refractivity contribution >= 4 is 28.4 Å². The third kappa shape index (κ3) is 5.13. The van der Waals surface area contributed by atoms with Crippen LogP contribution in [-0.4, -0.2) is 36.7 Å². The summed E-state index contributed by atoms with van der Waals surface area (Å²) in [6, 6.07) is 0. The summed E-state index contributed by atoms with van der Waals surface area (Å²) in [5.74, 6) is 1.66. The number of ether oxygens (including phenoxy) is 1. The molecule has 0 aromatic carbocycles. The van der Waals surface area contributed by atoms with Gasteiger partial charge in [-0.1, -0.05) is 13.8 Å². The number of halogens is 3. The standard InChI is InChI=1S/C12H18F2IN3O/c1-7(2)11-10(15)12(16-3)18-9(17-11)4-5-19-6-8(13)14/h7-8H,4-6H2,1-3H3,(H,16,17,18). The van der Waals surface area contributed by atoms with Gasteiger partial charge in [0.15, 0.2) is 0 Å². The highest BCUT2D eigenvalue weighted by atomic mass is 127. The van der Waals surface area contributed by atoms with Gasteiger partial charge in [-0.15, -0.1) is 0 Å². The summed E-state index contributed by atoms with van der Waals surface area (Å²) < 4.78 is 29.7. The number of aromatic nitrogens is 2. The maximum atomic E-state index is 11.9. The number of rotatable bonds is 7. The molecular weight excluding hydrogens is 367 g/mol. The molecule has 0 radical (unpaired) electrons. The van der Waals surface area contributed by atoms with Crippen molar-refractivity contribution in [3.8, 4) is 0 Å². The van der Waals surface area contributed by atoms with E-state index in [1.165, 1.54) is 0 Å². The van der Waals surface area contributed by atoms with Gasteiger partial charge >= 0.3 is 0 Å². The van der Waals surface area contributed by atoms with Gasteiger partial charge in [0, 0.05) is 13.5 Å². The number of hydrogen-bond acceptors (Lipinski definition) is 4. The Labute approximate surface area is 125 Å². The van der Waals surface area contributed by atoms with Gasteiger partial charge in [0.05, 0.1) is 15.9 Å². The molecule has 19 heavy (non-hydrogen) atoms. The second-order valence-corrected chi connectivity index (χ2v) is 5.39. The van der Waals surface area contributed by atoms with Crippen LogP contribution in [0.4, 0.5) is 14.6 Å². The zero-order valence-corrected chi connectivity index (χ0v) is 13.4. The lowest BCUT2D eigenvalue weighted by molar-refractivity contribution is 0.0183. The average molecular weight is 385 g/mol. The number of nitrogens with one attached hydrogen (secondary N) is 1. The first-order chi connectivity index (χ1) is 8.95. The molecule has 0 aliphatic rings. The molecule has 0 saturated heterocycles. The molecule has 0 unspecified atom stereocenters. The fourth-order valence-electron chi connectivity index (χ4n) is 1.51. The summed E-state index contributed by atoms with van der Waals surface area (Å²) >= 11 is 2.21. The molecule has 4 nitrogen and oxygen atoms in total. The molecule has 1 N–H and O–H groups in total. The van der Waals surface area contributed by atoms with Crippen LogP contribution in [0.1, 0.15) is 31.3 Å². The quantitative estimate of drug-likeness (QED) is 0.579. The van der Waals surface area contributed by atoms with Crippen LogP contribution in [0, 0.1) is 3.57 Å². The number of alkyl halides is 2. The Morgan fingerprint density at radius 2 is 2.00 bits per heavy atom. The Morgan fingerprint density at radius 1 is 1.32 bits per heavy atom. The largest absolute Gasteiger partial charge is 0.375 e. The molecule has 1 aromatic heterocycles. The second-order valence-electron chi connectivity index (χ2n) is 4.31. The van der Waals surface area contributed by atoms with Gasteiger partial charge in [0.25, 0.3) is 6.43 Å². The minimum atomic E-state index is -2.43. The minimum absolute atomic E-state index is 0.200. The molecule has 0 saturated carbocycles. The Bertz CT molecular complexity index is 416. The van der Waals surface area contributed by atoms with Crippen molar-refractivity contribution in [2.45, 2.75) is 32.6 Å². The van der Waals surface area contributed by atoms with Gasteiger partial charge in [-0.2, -0.15) is 0 Å². The minimum Gasteiger partial charge on any atom is -0.375 e. The first-order valence-corrected chi connectivity index (χ1v) is 7.13. The van der Waals surface area contributed by atoms with Crippen molar-refractivity contribution in [1.29, 1.82) is 0 Å². The summed E-state index contributed by atoms with van der Waals surface area (Å²) in [6.45, 7) is 3.77. The molecule has 0 atom stereocenters. The number of hydrogen-bond donors (Lipinski definition) is 1. The van der Waals surface area contributed by atoms with Crippen molar-refractivity contribution in [3.63, 3.8) is 0 Å². The van der Waals surface area contributed by atoms with E-state index in [2.05, 4.69) is 51.7 Å². The lowest BCUT2D eigenvalue weighted by Crippen LogP contribution is -2.12. The highest BCUT2D eigenvalue weighted by Gasteiger charge is 2.14. The summed E-state index contributed by atoms with van der Waals surface area (Å²) in [5.41, 5.74) is 0.962. The van der Waals surface area contributed by atoms with E-state index in [4.69, 9.17) is 4.74 Å². The lowest BCUT2D eigenvalue weighted by atomic mass is 10.1. The molecule has 1 heterocycles. The molecule has 0 aliphatic heterocycles. The van der Waals surface area contributed by atoms with Crippen molar-refractivity contribution in [2.24, 2.45) is 0 Å². The van der Waals surface area contributed by atoms with E-state index in [9.17, 15) is 8.78 Å². The van der Waals surface area contributed by atoms with Gasteiger partial charge in [-0.25, -0.2) is 18.7 Å². The molecule has 7 heteroatoms. The Hall–Kier alpha value is -0.570. The van der Waals surface area contributed by atoms with E-state index in [1.54, 1.807) is 7.05 Å². The molecule has 0 fully saturated rings. The van der Waals surface area contributed by atoms with Crippen LogP contribution in [0.25, 0.3) is 0 Å². The third-order valence-electron chi connectivity index (χ3n) is 2.42. The van der Waals surface area contributed by atoms with Crippen molar-refractivity contribution < 1.29 is 13.5 Å². The van der Waals surface area contributed by atoms with E-state index in [1.807, 2.05) is 0 Å². The predicted octanol–water partition coefficient (Wildman–Crippen LogP) is 3.07. The highest BCUT2D eigenvalue weighted by molar-refractivity contribution is 14.1. The number of anilines is 1.